The number of rotatable bonds is 3. The van der Waals surface area contributed by atoms with Crippen LogP contribution in [0.15, 0.2) is 85.2 Å². The van der Waals surface area contributed by atoms with Crippen molar-refractivity contribution in [2.24, 2.45) is 0 Å². The Hall–Kier alpha value is -3.20. The Morgan fingerprint density at radius 2 is 1.22 bits per heavy atom. The van der Waals surface area contributed by atoms with Gasteiger partial charge in [0.2, 0.25) is 0 Å². The summed E-state index contributed by atoms with van der Waals surface area (Å²) >= 11 is 0. The van der Waals surface area contributed by atoms with Gasteiger partial charge >= 0.3 is 0 Å². The van der Waals surface area contributed by atoms with E-state index in [1.54, 1.807) is 12.4 Å². The molecule has 4 rings (SSSR count). The Bertz CT molecular complexity index is 841. The predicted molar refractivity (Wildman–Crippen MR) is 92.7 cm³/mol. The summed E-state index contributed by atoms with van der Waals surface area (Å²) in [7, 11) is 0. The lowest BCUT2D eigenvalue weighted by atomic mass is 10.1. The van der Waals surface area contributed by atoms with Gasteiger partial charge in [-0.2, -0.15) is 0 Å². The molecule has 4 aromatic rings. The molecule has 0 bridgehead atoms. The minimum absolute atomic E-state index is 0.872. The van der Waals surface area contributed by atoms with Crippen molar-refractivity contribution in [2.75, 3.05) is 0 Å². The van der Waals surface area contributed by atoms with Crippen LogP contribution in [0.5, 0.6) is 0 Å². The number of nitrogens with zero attached hydrogens (tertiary/aromatic N) is 2. The average molecular weight is 297 g/mol. The lowest BCUT2D eigenvalue weighted by Gasteiger charge is -2.02. The molecule has 2 heterocycles. The summed E-state index contributed by atoms with van der Waals surface area (Å²) in [5.41, 5.74) is 5.21. The van der Waals surface area contributed by atoms with Gasteiger partial charge in [0, 0.05) is 29.1 Å². The first-order valence-corrected chi connectivity index (χ1v) is 7.53. The van der Waals surface area contributed by atoms with E-state index in [0.29, 0.717) is 0 Å². The van der Waals surface area contributed by atoms with Crippen LogP contribution in [-0.2, 0) is 0 Å². The minimum atomic E-state index is 0.872. The highest BCUT2D eigenvalue weighted by molar-refractivity contribution is 5.81. The molecule has 0 spiro atoms. The summed E-state index contributed by atoms with van der Waals surface area (Å²) < 4.78 is 0. The molecular weight excluding hydrogens is 282 g/mol. The molecule has 0 saturated heterocycles. The Morgan fingerprint density at radius 3 is 1.87 bits per heavy atom. The lowest BCUT2D eigenvalue weighted by Crippen LogP contribution is -1.83. The maximum Gasteiger partial charge on any atom is 0.138 e. The molecule has 23 heavy (non-hydrogen) atoms. The van der Waals surface area contributed by atoms with Gasteiger partial charge in [-0.25, -0.2) is 4.98 Å². The zero-order valence-electron chi connectivity index (χ0n) is 12.5. The van der Waals surface area contributed by atoms with Gasteiger partial charge in [-0.3, -0.25) is 4.98 Å². The zero-order chi connectivity index (χ0) is 15.5. The third-order valence-electron chi connectivity index (χ3n) is 3.77. The van der Waals surface area contributed by atoms with Crippen LogP contribution in [-0.4, -0.2) is 15.0 Å². The van der Waals surface area contributed by atoms with Crippen LogP contribution in [0.25, 0.3) is 33.9 Å². The highest BCUT2D eigenvalue weighted by atomic mass is 14.9. The highest BCUT2D eigenvalue weighted by Gasteiger charge is 2.14. The van der Waals surface area contributed by atoms with Crippen LogP contribution < -0.4 is 0 Å². The summed E-state index contributed by atoms with van der Waals surface area (Å²) in [6, 6.07) is 24.4. The van der Waals surface area contributed by atoms with Crippen LogP contribution in [0.3, 0.4) is 0 Å². The van der Waals surface area contributed by atoms with E-state index in [9.17, 15) is 0 Å². The van der Waals surface area contributed by atoms with Gasteiger partial charge in [0.1, 0.15) is 5.82 Å². The fraction of sp³-hybridized carbons (Fsp3) is 0. The molecule has 0 amide bonds. The Labute approximate surface area is 134 Å². The molecule has 0 fully saturated rings. The number of aromatic nitrogens is 3. The summed E-state index contributed by atoms with van der Waals surface area (Å²) in [6.07, 6.45) is 3.60. The molecule has 0 unspecified atom stereocenters. The smallest absolute Gasteiger partial charge is 0.138 e. The molecule has 3 nitrogen and oxygen atoms in total. The van der Waals surface area contributed by atoms with Gasteiger partial charge < -0.3 is 4.98 Å². The molecule has 0 aliphatic heterocycles. The van der Waals surface area contributed by atoms with Crippen molar-refractivity contribution in [2.45, 2.75) is 0 Å². The third kappa shape index (κ3) is 2.64. The van der Waals surface area contributed by atoms with E-state index < -0.39 is 0 Å². The standard InChI is InChI=1S/C20H15N3/c1-3-7-15(8-4-1)18-19(16-11-13-21-14-12-16)23-20(22-18)17-9-5-2-6-10-17/h1-14H,(H,22,23). The largest absolute Gasteiger partial charge is 0.337 e. The molecule has 0 aliphatic carbocycles. The summed E-state index contributed by atoms with van der Waals surface area (Å²) in [6.45, 7) is 0. The Morgan fingerprint density at radius 1 is 0.609 bits per heavy atom. The van der Waals surface area contributed by atoms with E-state index >= 15 is 0 Å². The second-order valence-corrected chi connectivity index (χ2v) is 5.28. The first-order valence-electron chi connectivity index (χ1n) is 7.53. The first kappa shape index (κ1) is 13.5. The monoisotopic (exact) mass is 297 g/mol. The van der Waals surface area contributed by atoms with Crippen LogP contribution in [0.2, 0.25) is 0 Å². The van der Waals surface area contributed by atoms with Gasteiger partial charge in [0.05, 0.1) is 11.4 Å². The van der Waals surface area contributed by atoms with Crippen molar-refractivity contribution >= 4 is 0 Å². The lowest BCUT2D eigenvalue weighted by molar-refractivity contribution is 1.30. The molecule has 2 aromatic heterocycles. The molecule has 0 aliphatic rings. The van der Waals surface area contributed by atoms with E-state index in [1.807, 2.05) is 48.5 Å². The van der Waals surface area contributed by atoms with Crippen molar-refractivity contribution in [1.82, 2.24) is 15.0 Å². The third-order valence-corrected chi connectivity index (χ3v) is 3.77. The molecule has 0 atom stereocenters. The fourth-order valence-corrected chi connectivity index (χ4v) is 2.64. The number of hydrogen-bond acceptors (Lipinski definition) is 2. The van der Waals surface area contributed by atoms with E-state index in [4.69, 9.17) is 4.98 Å². The molecule has 2 aromatic carbocycles. The van der Waals surface area contributed by atoms with Gasteiger partial charge in [-0.05, 0) is 12.1 Å². The average Bonchev–Trinajstić information content (AvgIpc) is 3.09. The van der Waals surface area contributed by atoms with Crippen LogP contribution in [0, 0.1) is 0 Å². The van der Waals surface area contributed by atoms with E-state index in [-0.39, 0.29) is 0 Å². The second-order valence-electron chi connectivity index (χ2n) is 5.28. The molecule has 3 heteroatoms. The van der Waals surface area contributed by atoms with Gasteiger partial charge in [0.25, 0.3) is 0 Å². The van der Waals surface area contributed by atoms with Crippen LogP contribution in [0.1, 0.15) is 0 Å². The van der Waals surface area contributed by atoms with E-state index in [0.717, 1.165) is 33.9 Å². The normalized spacial score (nSPS) is 10.6. The Kier molecular flexibility index (Phi) is 3.45. The van der Waals surface area contributed by atoms with Gasteiger partial charge in [0.15, 0.2) is 0 Å². The number of H-pyrrole nitrogens is 1. The molecule has 0 saturated carbocycles. The zero-order valence-corrected chi connectivity index (χ0v) is 12.5. The second kappa shape index (κ2) is 5.89. The summed E-state index contributed by atoms with van der Waals surface area (Å²) in [5, 5.41) is 0. The Balaban J connectivity index is 1.91. The van der Waals surface area contributed by atoms with E-state index in [1.165, 1.54) is 0 Å². The summed E-state index contributed by atoms with van der Waals surface area (Å²) in [5.74, 6) is 0.872. The maximum absolute atomic E-state index is 4.85. The van der Waals surface area contributed by atoms with Crippen molar-refractivity contribution in [1.29, 1.82) is 0 Å². The van der Waals surface area contributed by atoms with Crippen molar-refractivity contribution in [3.8, 4) is 33.9 Å². The number of aromatic amines is 1. The van der Waals surface area contributed by atoms with Crippen molar-refractivity contribution in [3.63, 3.8) is 0 Å². The van der Waals surface area contributed by atoms with E-state index in [2.05, 4.69) is 34.2 Å². The van der Waals surface area contributed by atoms with Crippen LogP contribution >= 0.6 is 0 Å². The predicted octanol–water partition coefficient (Wildman–Crippen LogP) is 4.81. The number of benzene rings is 2. The molecule has 110 valence electrons. The molecule has 1 N–H and O–H groups in total. The molecular formula is C20H15N3. The van der Waals surface area contributed by atoms with Crippen molar-refractivity contribution < 1.29 is 0 Å². The minimum Gasteiger partial charge on any atom is -0.337 e. The topological polar surface area (TPSA) is 41.6 Å². The van der Waals surface area contributed by atoms with Crippen molar-refractivity contribution in [3.05, 3.63) is 85.2 Å². The van der Waals surface area contributed by atoms with Gasteiger partial charge in [-0.1, -0.05) is 60.7 Å². The number of hydrogen-bond donors (Lipinski definition) is 1. The summed E-state index contributed by atoms with van der Waals surface area (Å²) in [4.78, 5) is 12.4. The van der Waals surface area contributed by atoms with Gasteiger partial charge in [-0.15, -0.1) is 0 Å². The quantitative estimate of drug-likeness (QED) is 0.590. The SMILES string of the molecule is c1ccc(-c2nc(-c3ccccc3)c(-c3ccncc3)[nH]2)cc1. The maximum atomic E-state index is 4.85. The number of nitrogens with one attached hydrogen (secondary N) is 1. The van der Waals surface area contributed by atoms with Crippen LogP contribution in [0.4, 0.5) is 0 Å². The fourth-order valence-electron chi connectivity index (χ4n) is 2.64. The number of imidazole rings is 1. The molecule has 0 radical (unpaired) electrons. The number of pyridine rings is 1. The first-order chi connectivity index (χ1) is 11.4. The highest BCUT2D eigenvalue weighted by Crippen LogP contribution is 2.32.